The first kappa shape index (κ1) is 23.4. The quantitative estimate of drug-likeness (QED) is 0.205. The van der Waals surface area contributed by atoms with Gasteiger partial charge in [0.15, 0.2) is 0 Å². The van der Waals surface area contributed by atoms with E-state index in [2.05, 4.69) is 6.92 Å². The topological polar surface area (TPSA) is 26.3 Å². The number of rotatable bonds is 13. The van der Waals surface area contributed by atoms with Gasteiger partial charge in [0.05, 0.1) is 6.61 Å². The molecule has 0 saturated heterocycles. The van der Waals surface area contributed by atoms with Crippen LogP contribution in [0.25, 0.3) is 6.08 Å². The van der Waals surface area contributed by atoms with Crippen LogP contribution < -0.4 is 0 Å². The standard InChI is InChI=1S/C21H32O2.Na.H/c1-2-3-4-5-6-7-8-9-10-14-19-23-21(22)18-17-20-15-12-11-13-16-20;;/h11-13,15-18H,2-10,14,19H2,1H3;;. The second kappa shape index (κ2) is 17.3. The Balaban J connectivity index is 0.00000529. The molecule has 0 saturated carbocycles. The first-order chi connectivity index (χ1) is 11.3. The van der Waals surface area contributed by atoms with Crippen LogP contribution in [0.4, 0.5) is 0 Å². The first-order valence-corrected chi connectivity index (χ1v) is 9.23. The molecule has 1 aromatic rings. The number of ether oxygens (including phenoxy) is 1. The van der Waals surface area contributed by atoms with Gasteiger partial charge in [-0.3, -0.25) is 0 Å². The minimum atomic E-state index is -0.246. The summed E-state index contributed by atoms with van der Waals surface area (Å²) < 4.78 is 5.21. The van der Waals surface area contributed by atoms with E-state index in [0.717, 1.165) is 18.4 Å². The molecule has 0 spiro atoms. The van der Waals surface area contributed by atoms with Gasteiger partial charge in [0, 0.05) is 6.08 Å². The zero-order chi connectivity index (χ0) is 16.6. The Labute approximate surface area is 170 Å². The molecule has 1 rings (SSSR count). The van der Waals surface area contributed by atoms with Gasteiger partial charge in [0.2, 0.25) is 0 Å². The number of unbranched alkanes of at least 4 members (excludes halogenated alkanes) is 9. The molecule has 24 heavy (non-hydrogen) atoms. The van der Waals surface area contributed by atoms with E-state index < -0.39 is 0 Å². The van der Waals surface area contributed by atoms with Crippen LogP contribution in [0.2, 0.25) is 0 Å². The summed E-state index contributed by atoms with van der Waals surface area (Å²) in [6, 6.07) is 9.79. The maximum absolute atomic E-state index is 11.6. The van der Waals surface area contributed by atoms with Crippen molar-refractivity contribution in [3.8, 4) is 0 Å². The van der Waals surface area contributed by atoms with Crippen LogP contribution in [0.15, 0.2) is 36.4 Å². The normalized spacial score (nSPS) is 10.5. The molecular weight excluding hydrogens is 307 g/mol. The molecule has 0 bridgehead atoms. The Morgan fingerprint density at radius 1 is 0.875 bits per heavy atom. The van der Waals surface area contributed by atoms with E-state index in [4.69, 9.17) is 4.74 Å². The molecule has 0 unspecified atom stereocenters. The molecule has 0 aliphatic carbocycles. The molecule has 3 heteroatoms. The van der Waals surface area contributed by atoms with Gasteiger partial charge in [-0.05, 0) is 18.1 Å². The summed E-state index contributed by atoms with van der Waals surface area (Å²) in [5.74, 6) is -0.246. The number of hydrogen-bond acceptors (Lipinski definition) is 2. The monoisotopic (exact) mass is 340 g/mol. The molecule has 0 radical (unpaired) electrons. The number of benzene rings is 1. The summed E-state index contributed by atoms with van der Waals surface area (Å²) in [7, 11) is 0. The fraction of sp³-hybridized carbons (Fsp3) is 0.571. The van der Waals surface area contributed by atoms with Crippen molar-refractivity contribution >= 4 is 41.6 Å². The Kier molecular flexibility index (Phi) is 16.8. The second-order valence-corrected chi connectivity index (χ2v) is 6.09. The van der Waals surface area contributed by atoms with Crippen LogP contribution in [-0.2, 0) is 9.53 Å². The van der Waals surface area contributed by atoms with Crippen LogP contribution in [0.3, 0.4) is 0 Å². The van der Waals surface area contributed by atoms with Crippen LogP contribution in [0.5, 0.6) is 0 Å². The van der Waals surface area contributed by atoms with Crippen molar-refractivity contribution in [1.29, 1.82) is 0 Å². The molecule has 0 heterocycles. The Bertz CT molecular complexity index is 429. The maximum atomic E-state index is 11.6. The van der Waals surface area contributed by atoms with Crippen LogP contribution in [0, 0.1) is 0 Å². The summed E-state index contributed by atoms with van der Waals surface area (Å²) in [4.78, 5) is 11.6. The molecular formula is C21H33NaO2. The minimum absolute atomic E-state index is 0. The van der Waals surface area contributed by atoms with Gasteiger partial charge < -0.3 is 4.74 Å². The third-order valence-electron chi connectivity index (χ3n) is 3.95. The molecule has 0 aromatic heterocycles. The Hall–Kier alpha value is -0.570. The number of carbonyl (C=O) groups is 1. The SMILES string of the molecule is CCCCCCCCCCCCOC(=O)C=Cc1ccccc1.[NaH]. The van der Waals surface area contributed by atoms with Gasteiger partial charge in [-0.1, -0.05) is 95.0 Å². The molecule has 0 atom stereocenters. The Morgan fingerprint density at radius 2 is 1.42 bits per heavy atom. The third kappa shape index (κ3) is 13.8. The second-order valence-electron chi connectivity index (χ2n) is 6.09. The van der Waals surface area contributed by atoms with Crippen molar-refractivity contribution in [2.24, 2.45) is 0 Å². The summed E-state index contributed by atoms with van der Waals surface area (Å²) >= 11 is 0. The molecule has 0 fully saturated rings. The molecule has 0 amide bonds. The number of hydrogen-bond donors (Lipinski definition) is 0. The molecule has 0 aliphatic rings. The van der Waals surface area contributed by atoms with Gasteiger partial charge in [0.1, 0.15) is 0 Å². The van der Waals surface area contributed by atoms with E-state index >= 15 is 0 Å². The van der Waals surface area contributed by atoms with Crippen LogP contribution in [-0.4, -0.2) is 42.1 Å². The van der Waals surface area contributed by atoms with Crippen LogP contribution in [0.1, 0.15) is 76.7 Å². The van der Waals surface area contributed by atoms with E-state index in [-0.39, 0.29) is 35.5 Å². The average molecular weight is 340 g/mol. The average Bonchev–Trinajstić information content (AvgIpc) is 2.59. The van der Waals surface area contributed by atoms with E-state index in [0.29, 0.717) is 6.61 Å². The number of esters is 1. The van der Waals surface area contributed by atoms with Crippen molar-refractivity contribution in [2.45, 2.75) is 71.1 Å². The molecule has 0 aliphatic heterocycles. The summed E-state index contributed by atoms with van der Waals surface area (Å²) in [6.45, 7) is 2.79. The number of carbonyl (C=O) groups excluding carboxylic acids is 1. The van der Waals surface area contributed by atoms with Gasteiger partial charge >= 0.3 is 35.5 Å². The molecule has 0 N–H and O–H groups in total. The van der Waals surface area contributed by atoms with E-state index in [1.165, 1.54) is 57.4 Å². The van der Waals surface area contributed by atoms with Crippen molar-refractivity contribution in [1.82, 2.24) is 0 Å². The van der Waals surface area contributed by atoms with Gasteiger partial charge in [-0.2, -0.15) is 0 Å². The zero-order valence-electron chi connectivity index (χ0n) is 14.6. The predicted molar refractivity (Wildman–Crippen MR) is 105 cm³/mol. The van der Waals surface area contributed by atoms with Crippen molar-refractivity contribution < 1.29 is 9.53 Å². The molecule has 1 aromatic carbocycles. The summed E-state index contributed by atoms with van der Waals surface area (Å²) in [6.07, 6.45) is 16.2. The van der Waals surface area contributed by atoms with E-state index in [1.54, 1.807) is 6.08 Å². The zero-order valence-corrected chi connectivity index (χ0v) is 14.6. The van der Waals surface area contributed by atoms with Crippen molar-refractivity contribution in [3.63, 3.8) is 0 Å². The van der Waals surface area contributed by atoms with Gasteiger partial charge in [0.25, 0.3) is 0 Å². The van der Waals surface area contributed by atoms with E-state index in [1.807, 2.05) is 30.3 Å². The predicted octanol–water partition coefficient (Wildman–Crippen LogP) is 5.52. The fourth-order valence-electron chi connectivity index (χ4n) is 2.54. The summed E-state index contributed by atoms with van der Waals surface area (Å²) in [5.41, 5.74) is 1.02. The first-order valence-electron chi connectivity index (χ1n) is 9.23. The summed E-state index contributed by atoms with van der Waals surface area (Å²) in [5, 5.41) is 0. The fourth-order valence-corrected chi connectivity index (χ4v) is 2.54. The van der Waals surface area contributed by atoms with E-state index in [9.17, 15) is 4.79 Å². The molecule has 2 nitrogen and oxygen atoms in total. The molecule has 130 valence electrons. The van der Waals surface area contributed by atoms with Crippen molar-refractivity contribution in [2.75, 3.05) is 6.61 Å². The Morgan fingerprint density at radius 3 is 2.00 bits per heavy atom. The third-order valence-corrected chi connectivity index (χ3v) is 3.95. The van der Waals surface area contributed by atoms with Crippen LogP contribution >= 0.6 is 0 Å². The van der Waals surface area contributed by atoms with Gasteiger partial charge in [-0.15, -0.1) is 0 Å². The van der Waals surface area contributed by atoms with Gasteiger partial charge in [-0.25, -0.2) is 4.79 Å². The van der Waals surface area contributed by atoms with Crippen molar-refractivity contribution in [3.05, 3.63) is 42.0 Å².